The Hall–Kier alpha value is -2.95. The SMILES string of the molecule is COc1cccc2c1-c1ccc3c(c1[C@@H](C1CCCOC1=O)O2)C(C)=CC(C)(C)N3. The maximum Gasteiger partial charge on any atom is 0.313 e. The van der Waals surface area contributed by atoms with Crippen molar-refractivity contribution in [3.8, 4) is 22.6 Å². The molecule has 156 valence electrons. The molecule has 3 aliphatic rings. The standard InChI is InChI=1S/C25H27NO4/c1-14-13-25(2,3)26-17-11-10-15-21-18(28-4)8-5-9-19(21)30-23(22(15)20(14)17)16-7-6-12-29-24(16)27/h5,8-11,13,16,23,26H,6-7,12H2,1-4H3/t16?,23-/m1/s1. The van der Waals surface area contributed by atoms with Crippen molar-refractivity contribution in [1.82, 2.24) is 0 Å². The Bertz CT molecular complexity index is 1070. The van der Waals surface area contributed by atoms with Gasteiger partial charge in [0.2, 0.25) is 0 Å². The summed E-state index contributed by atoms with van der Waals surface area (Å²) < 4.78 is 17.6. The minimum absolute atomic E-state index is 0.143. The zero-order valence-corrected chi connectivity index (χ0v) is 17.9. The average Bonchev–Trinajstić information content (AvgIpc) is 2.71. The normalized spacial score (nSPS) is 23.6. The maximum absolute atomic E-state index is 12.7. The van der Waals surface area contributed by atoms with Gasteiger partial charge in [0.1, 0.15) is 17.6 Å². The molecule has 3 aliphatic heterocycles. The number of carbonyl (C=O) groups excluding carboxylic acids is 1. The van der Waals surface area contributed by atoms with Gasteiger partial charge in [0.15, 0.2) is 0 Å². The Kier molecular flexibility index (Phi) is 4.31. The number of hydrogen-bond donors (Lipinski definition) is 1. The topological polar surface area (TPSA) is 56.8 Å². The fourth-order valence-corrected chi connectivity index (χ4v) is 5.16. The van der Waals surface area contributed by atoms with E-state index in [1.165, 1.54) is 5.57 Å². The molecule has 0 bridgehead atoms. The van der Waals surface area contributed by atoms with Gasteiger partial charge in [-0.15, -0.1) is 0 Å². The van der Waals surface area contributed by atoms with Crippen LogP contribution in [0.5, 0.6) is 11.5 Å². The van der Waals surface area contributed by atoms with Crippen LogP contribution in [0.4, 0.5) is 5.69 Å². The molecule has 1 fully saturated rings. The second-order valence-electron chi connectivity index (χ2n) is 8.91. The van der Waals surface area contributed by atoms with Gasteiger partial charge < -0.3 is 19.5 Å². The molecule has 0 aromatic heterocycles. The zero-order valence-electron chi connectivity index (χ0n) is 17.9. The number of nitrogens with one attached hydrogen (secondary N) is 1. The highest BCUT2D eigenvalue weighted by Crippen LogP contribution is 2.54. The summed E-state index contributed by atoms with van der Waals surface area (Å²) in [6, 6.07) is 10.1. The Balaban J connectivity index is 1.78. The third-order valence-electron chi connectivity index (χ3n) is 6.26. The van der Waals surface area contributed by atoms with E-state index < -0.39 is 6.10 Å². The van der Waals surface area contributed by atoms with E-state index >= 15 is 0 Å². The third kappa shape index (κ3) is 2.87. The number of benzene rings is 2. The van der Waals surface area contributed by atoms with Crippen LogP contribution in [0.3, 0.4) is 0 Å². The number of anilines is 1. The Morgan fingerprint density at radius 2 is 2.00 bits per heavy atom. The van der Waals surface area contributed by atoms with Crippen molar-refractivity contribution in [2.45, 2.75) is 45.3 Å². The van der Waals surface area contributed by atoms with Crippen molar-refractivity contribution in [1.29, 1.82) is 0 Å². The number of methoxy groups -OCH3 is 1. The molecule has 1 unspecified atom stereocenters. The van der Waals surface area contributed by atoms with Crippen LogP contribution < -0.4 is 14.8 Å². The lowest BCUT2D eigenvalue weighted by molar-refractivity contribution is -0.157. The molecule has 0 spiro atoms. The summed E-state index contributed by atoms with van der Waals surface area (Å²) in [6.45, 7) is 6.93. The molecule has 1 N–H and O–H groups in total. The van der Waals surface area contributed by atoms with E-state index in [0.717, 1.165) is 52.3 Å². The van der Waals surface area contributed by atoms with Crippen LogP contribution in [0, 0.1) is 5.92 Å². The third-order valence-corrected chi connectivity index (χ3v) is 6.26. The predicted octanol–water partition coefficient (Wildman–Crippen LogP) is 5.36. The largest absolute Gasteiger partial charge is 0.496 e. The number of allylic oxidation sites excluding steroid dienone is 1. The summed E-state index contributed by atoms with van der Waals surface area (Å²) in [6.07, 6.45) is 3.46. The minimum atomic E-state index is -0.395. The molecular formula is C25H27NO4. The van der Waals surface area contributed by atoms with Crippen molar-refractivity contribution in [2.24, 2.45) is 5.92 Å². The van der Waals surface area contributed by atoms with E-state index in [0.29, 0.717) is 6.61 Å². The summed E-state index contributed by atoms with van der Waals surface area (Å²) in [5.41, 5.74) is 6.27. The van der Waals surface area contributed by atoms with E-state index in [1.807, 2.05) is 18.2 Å². The van der Waals surface area contributed by atoms with Crippen LogP contribution in [-0.4, -0.2) is 25.2 Å². The van der Waals surface area contributed by atoms with Crippen LogP contribution in [0.1, 0.15) is 50.8 Å². The molecule has 30 heavy (non-hydrogen) atoms. The van der Waals surface area contributed by atoms with Gasteiger partial charge in [0, 0.05) is 16.8 Å². The summed E-state index contributed by atoms with van der Waals surface area (Å²) in [5, 5.41) is 3.62. The number of fused-ring (bicyclic) bond motifs is 5. The fraction of sp³-hybridized carbons (Fsp3) is 0.400. The van der Waals surface area contributed by atoms with Crippen LogP contribution in [0.15, 0.2) is 36.4 Å². The molecular weight excluding hydrogens is 378 g/mol. The summed E-state index contributed by atoms with van der Waals surface area (Å²) in [7, 11) is 1.67. The number of rotatable bonds is 2. The molecule has 0 saturated carbocycles. The number of esters is 1. The number of hydrogen-bond acceptors (Lipinski definition) is 5. The highest BCUT2D eigenvalue weighted by molar-refractivity contribution is 5.92. The summed E-state index contributed by atoms with van der Waals surface area (Å²) in [5.74, 6) is 1.01. The average molecular weight is 405 g/mol. The van der Waals surface area contributed by atoms with Gasteiger partial charge in [-0.2, -0.15) is 0 Å². The number of carbonyl (C=O) groups is 1. The number of cyclic esters (lactones) is 1. The van der Waals surface area contributed by atoms with E-state index in [9.17, 15) is 4.79 Å². The molecule has 2 aromatic carbocycles. The summed E-state index contributed by atoms with van der Waals surface area (Å²) >= 11 is 0. The lowest BCUT2D eigenvalue weighted by Gasteiger charge is -2.39. The van der Waals surface area contributed by atoms with Crippen LogP contribution in [-0.2, 0) is 9.53 Å². The quantitative estimate of drug-likeness (QED) is 0.682. The van der Waals surface area contributed by atoms with Gasteiger partial charge in [-0.1, -0.05) is 18.2 Å². The lowest BCUT2D eigenvalue weighted by Crippen LogP contribution is -2.36. The van der Waals surface area contributed by atoms with E-state index in [2.05, 4.69) is 44.3 Å². The second-order valence-corrected chi connectivity index (χ2v) is 8.91. The minimum Gasteiger partial charge on any atom is -0.496 e. The van der Waals surface area contributed by atoms with E-state index in [4.69, 9.17) is 14.2 Å². The molecule has 5 heteroatoms. The van der Waals surface area contributed by atoms with Crippen molar-refractivity contribution in [3.05, 3.63) is 47.5 Å². The van der Waals surface area contributed by atoms with Crippen molar-refractivity contribution >= 4 is 17.2 Å². The lowest BCUT2D eigenvalue weighted by atomic mass is 9.77. The first-order valence-electron chi connectivity index (χ1n) is 10.6. The van der Waals surface area contributed by atoms with Crippen molar-refractivity contribution in [3.63, 3.8) is 0 Å². The molecule has 5 nitrogen and oxygen atoms in total. The van der Waals surface area contributed by atoms with Crippen LogP contribution in [0.2, 0.25) is 0 Å². The Labute approximate surface area is 177 Å². The predicted molar refractivity (Wildman–Crippen MR) is 117 cm³/mol. The Morgan fingerprint density at radius 1 is 1.17 bits per heavy atom. The molecule has 0 amide bonds. The molecule has 1 saturated heterocycles. The van der Waals surface area contributed by atoms with Gasteiger partial charge in [-0.3, -0.25) is 4.79 Å². The first-order chi connectivity index (χ1) is 14.4. The number of ether oxygens (including phenoxy) is 3. The van der Waals surface area contributed by atoms with Gasteiger partial charge in [-0.05, 0) is 62.9 Å². The van der Waals surface area contributed by atoms with Crippen molar-refractivity contribution < 1.29 is 19.0 Å². The van der Waals surface area contributed by atoms with Gasteiger partial charge in [0.05, 0.1) is 30.7 Å². The molecule has 2 aromatic rings. The smallest absolute Gasteiger partial charge is 0.313 e. The van der Waals surface area contributed by atoms with E-state index in [-0.39, 0.29) is 17.4 Å². The molecule has 0 radical (unpaired) electrons. The van der Waals surface area contributed by atoms with E-state index in [1.54, 1.807) is 7.11 Å². The molecule has 2 atom stereocenters. The fourth-order valence-electron chi connectivity index (χ4n) is 5.16. The molecule has 0 aliphatic carbocycles. The first-order valence-corrected chi connectivity index (χ1v) is 10.6. The molecule has 3 heterocycles. The van der Waals surface area contributed by atoms with Gasteiger partial charge >= 0.3 is 5.97 Å². The monoisotopic (exact) mass is 405 g/mol. The highest BCUT2D eigenvalue weighted by atomic mass is 16.5. The molecule has 5 rings (SSSR count). The van der Waals surface area contributed by atoms with Gasteiger partial charge in [-0.25, -0.2) is 0 Å². The maximum atomic E-state index is 12.7. The van der Waals surface area contributed by atoms with Crippen LogP contribution in [0.25, 0.3) is 16.7 Å². The van der Waals surface area contributed by atoms with Crippen LogP contribution >= 0.6 is 0 Å². The second kappa shape index (κ2) is 6.79. The highest BCUT2D eigenvalue weighted by Gasteiger charge is 2.42. The zero-order chi connectivity index (χ0) is 21.0. The summed E-state index contributed by atoms with van der Waals surface area (Å²) in [4.78, 5) is 12.7. The first kappa shape index (κ1) is 19.0. The van der Waals surface area contributed by atoms with Gasteiger partial charge in [0.25, 0.3) is 0 Å². The van der Waals surface area contributed by atoms with Crippen molar-refractivity contribution in [2.75, 3.05) is 19.0 Å². The Morgan fingerprint density at radius 3 is 2.77 bits per heavy atom.